The Kier molecular flexibility index (Phi) is 16.0. The molecule has 0 spiro atoms. The maximum absolute atomic E-state index is 15.6. The second-order valence-electron chi connectivity index (χ2n) is 23.1. The summed E-state index contributed by atoms with van der Waals surface area (Å²) in [5, 5.41) is 32.3. The molecule has 0 radical (unpaired) electrons. The number of carbonyl (C=O) groups excluding carboxylic acids is 2. The molecule has 2 saturated carbocycles. The molecule has 4 heterocycles. The molecule has 11 nitrogen and oxygen atoms in total. The van der Waals surface area contributed by atoms with E-state index in [1.165, 1.54) is 43.1 Å². The Morgan fingerprint density at radius 2 is 1.63 bits per heavy atom. The molecule has 7 atom stereocenters. The molecule has 11 rings (SSSR count). The van der Waals surface area contributed by atoms with Crippen molar-refractivity contribution in [2.75, 3.05) is 26.9 Å². The summed E-state index contributed by atoms with van der Waals surface area (Å²) >= 11 is 0. The quantitative estimate of drug-likeness (QED) is 0.0379. The van der Waals surface area contributed by atoms with Crippen molar-refractivity contribution in [1.29, 1.82) is 0 Å². The van der Waals surface area contributed by atoms with Gasteiger partial charge in [-0.05, 0) is 121 Å². The van der Waals surface area contributed by atoms with Crippen LogP contribution in [0.25, 0.3) is 11.0 Å². The molecule has 408 valence electrons. The summed E-state index contributed by atoms with van der Waals surface area (Å²) < 4.78 is 33.3. The highest BCUT2D eigenvalue weighted by atomic mass is 16.6. The van der Waals surface area contributed by atoms with Gasteiger partial charge in [-0.25, -0.2) is 9.59 Å². The van der Waals surface area contributed by atoms with Gasteiger partial charge in [-0.1, -0.05) is 135 Å². The van der Waals surface area contributed by atoms with Gasteiger partial charge in [0.05, 0.1) is 31.8 Å². The molecule has 4 aromatic carbocycles. The molecule has 3 N–H and O–H groups in total. The lowest BCUT2D eigenvalue weighted by Gasteiger charge is -2.51. The van der Waals surface area contributed by atoms with Crippen molar-refractivity contribution in [3.63, 3.8) is 0 Å². The van der Waals surface area contributed by atoms with Crippen molar-refractivity contribution in [2.24, 2.45) is 11.8 Å². The van der Waals surface area contributed by atoms with E-state index in [-0.39, 0.29) is 91.3 Å². The van der Waals surface area contributed by atoms with E-state index in [0.717, 1.165) is 61.6 Å². The normalized spacial score (nSPS) is 26.2. The predicted molar refractivity (Wildman–Crippen MR) is 298 cm³/mol. The van der Waals surface area contributed by atoms with E-state index >= 15 is 9.59 Å². The summed E-state index contributed by atoms with van der Waals surface area (Å²) in [5.41, 5.74) is 6.44. The fraction of sp³-hybridized carbons (Fsp3) is 0.478. The molecule has 5 aromatic rings. The third-order valence-corrected chi connectivity index (χ3v) is 18.7. The maximum atomic E-state index is 15.6. The average Bonchev–Trinajstić information content (AvgIpc) is 3.60. The standard InChI is InChI=1S/C67H74O11/c1-42(39-69)52-25-22-43-23-26-53-46(35-43)15-10-13-33-67(50-19-8-4-9-20-50)63(77-64(52)72)62(60-57(78-67)29-28-55-56(40-70)59(65(73)76-61(55)60)47(30-34-68)41-74-2)75-58(71)38-48-36-45(24-27-54(48)53)44-16-14-21-51(37-44)66(31-11-5-12-32-66)49-17-6-3-7-18-49/h3,6-7,14,16-18,21,23-24,26-29,35,37,45,47-48,50,54,62-63,68-70H,4-5,8-9,11-12,15,19-20,22,25,30-34,36,38-41H2,1-2H3. The SMILES string of the molecule is COCC(CCO)c1c(CO)c2ccc3c(c2oc1=O)C1OC(=O)CC2CC(c4cccc(C5(c6ccccc6)CCCCC5)c4)C=CC2c2ccc4cc2CC#CCC(C2CCCCC2)(O3)C1OC(=O)C(=C(C)CO)CC4. The Bertz CT molecular complexity index is 3210. The molecule has 5 bridgehead atoms. The zero-order valence-corrected chi connectivity index (χ0v) is 45.2. The van der Waals surface area contributed by atoms with Crippen LogP contribution in [0.1, 0.15) is 177 Å². The highest BCUT2D eigenvalue weighted by Crippen LogP contribution is 2.55. The lowest BCUT2D eigenvalue weighted by molar-refractivity contribution is -0.204. The van der Waals surface area contributed by atoms with Crippen molar-refractivity contribution >= 4 is 22.9 Å². The number of aliphatic hydroxyl groups excluding tert-OH is 3. The number of esters is 2. The number of aliphatic hydroxyl groups is 3. The largest absolute Gasteiger partial charge is 0.481 e. The number of fused-ring (bicyclic) bond motifs is 9. The van der Waals surface area contributed by atoms with Crippen LogP contribution in [0.5, 0.6) is 5.75 Å². The van der Waals surface area contributed by atoms with Gasteiger partial charge in [0.2, 0.25) is 0 Å². The number of ether oxygens (including phenoxy) is 4. The molecule has 78 heavy (non-hydrogen) atoms. The van der Waals surface area contributed by atoms with E-state index in [1.54, 1.807) is 19.1 Å². The van der Waals surface area contributed by atoms with E-state index in [4.69, 9.17) is 23.4 Å². The van der Waals surface area contributed by atoms with Gasteiger partial charge in [0, 0.05) is 72.2 Å². The first-order chi connectivity index (χ1) is 38.1. The average molecular weight is 1060 g/mol. The third kappa shape index (κ3) is 10.1. The molecule has 7 unspecified atom stereocenters. The van der Waals surface area contributed by atoms with Gasteiger partial charge in [-0.2, -0.15) is 0 Å². The highest BCUT2D eigenvalue weighted by molar-refractivity contribution is 5.90. The van der Waals surface area contributed by atoms with Crippen molar-refractivity contribution in [3.8, 4) is 17.6 Å². The number of hydrogen-bond acceptors (Lipinski definition) is 11. The van der Waals surface area contributed by atoms with Gasteiger partial charge in [0.1, 0.15) is 11.3 Å². The maximum Gasteiger partial charge on any atom is 0.340 e. The first-order valence-electron chi connectivity index (χ1n) is 28.7. The van der Waals surface area contributed by atoms with E-state index in [2.05, 4.69) is 96.8 Å². The fourth-order valence-corrected chi connectivity index (χ4v) is 14.7. The summed E-state index contributed by atoms with van der Waals surface area (Å²) in [6.45, 7) is 0.681. The molecular formula is C67H74O11. The Labute approximate surface area is 458 Å². The molecular weight excluding hydrogens is 981 g/mol. The summed E-state index contributed by atoms with van der Waals surface area (Å²) in [7, 11) is 1.51. The smallest absolute Gasteiger partial charge is 0.340 e. The number of methoxy groups -OCH3 is 1. The van der Waals surface area contributed by atoms with Crippen LogP contribution >= 0.6 is 0 Å². The summed E-state index contributed by atoms with van der Waals surface area (Å²) in [6.07, 6.45) is 14.3. The molecule has 6 aliphatic rings. The summed E-state index contributed by atoms with van der Waals surface area (Å²) in [4.78, 5) is 45.4. The predicted octanol–water partition coefficient (Wildman–Crippen LogP) is 11.6. The van der Waals surface area contributed by atoms with Gasteiger partial charge < -0.3 is 38.7 Å². The fourth-order valence-electron chi connectivity index (χ4n) is 14.7. The Morgan fingerprint density at radius 1 is 0.833 bits per heavy atom. The zero-order chi connectivity index (χ0) is 54.0. The van der Waals surface area contributed by atoms with E-state index in [1.807, 2.05) is 0 Å². The highest BCUT2D eigenvalue weighted by Gasteiger charge is 2.59. The third-order valence-electron chi connectivity index (χ3n) is 18.7. The van der Waals surface area contributed by atoms with Crippen LogP contribution in [0, 0.1) is 23.7 Å². The number of carbonyl (C=O) groups is 2. The van der Waals surface area contributed by atoms with Crippen LogP contribution in [0.2, 0.25) is 0 Å². The Morgan fingerprint density at radius 3 is 2.40 bits per heavy atom. The van der Waals surface area contributed by atoms with Crippen molar-refractivity contribution in [3.05, 3.63) is 169 Å². The minimum Gasteiger partial charge on any atom is -0.481 e. The number of allylic oxidation sites excluding steroid dienone is 2. The van der Waals surface area contributed by atoms with Crippen LogP contribution in [-0.4, -0.2) is 65.9 Å². The Hall–Kier alpha value is -6.29. The Balaban J connectivity index is 1.10. The molecule has 1 aromatic heterocycles. The zero-order valence-electron chi connectivity index (χ0n) is 45.2. The van der Waals surface area contributed by atoms with E-state index in [9.17, 15) is 20.1 Å². The molecule has 2 fully saturated rings. The van der Waals surface area contributed by atoms with Gasteiger partial charge in [-0.3, -0.25) is 4.79 Å². The summed E-state index contributed by atoms with van der Waals surface area (Å²) in [5.74, 6) is 5.09. The second-order valence-corrected chi connectivity index (χ2v) is 23.1. The number of benzene rings is 4. The summed E-state index contributed by atoms with van der Waals surface area (Å²) in [6, 6.07) is 30.1. The first kappa shape index (κ1) is 53.7. The molecule has 11 heteroatoms. The van der Waals surface area contributed by atoms with Crippen LogP contribution in [-0.2, 0) is 48.7 Å². The number of rotatable bonds is 11. The van der Waals surface area contributed by atoms with Crippen molar-refractivity contribution in [1.82, 2.24) is 0 Å². The molecule has 3 aliphatic carbocycles. The van der Waals surface area contributed by atoms with Crippen molar-refractivity contribution in [2.45, 2.75) is 164 Å². The lowest BCUT2D eigenvalue weighted by Crippen LogP contribution is -2.60. The lowest BCUT2D eigenvalue weighted by atomic mass is 9.64. The number of hydrogen-bond donors (Lipinski definition) is 3. The monoisotopic (exact) mass is 1050 g/mol. The van der Waals surface area contributed by atoms with Gasteiger partial charge in [0.25, 0.3) is 0 Å². The topological polar surface area (TPSA) is 162 Å². The number of aryl methyl sites for hydroxylation is 1. The van der Waals surface area contributed by atoms with Crippen molar-refractivity contribution < 1.29 is 48.3 Å². The molecule has 0 saturated heterocycles. The molecule has 3 aliphatic heterocycles. The van der Waals surface area contributed by atoms with E-state index in [0.29, 0.717) is 47.1 Å². The minimum absolute atomic E-state index is 0.00377. The van der Waals surface area contributed by atoms with Crippen LogP contribution in [0.4, 0.5) is 0 Å². The molecule has 0 amide bonds. The van der Waals surface area contributed by atoms with Gasteiger partial charge in [-0.15, -0.1) is 0 Å². The van der Waals surface area contributed by atoms with Crippen LogP contribution in [0.3, 0.4) is 0 Å². The van der Waals surface area contributed by atoms with Crippen LogP contribution in [0.15, 0.2) is 117 Å². The van der Waals surface area contributed by atoms with E-state index < -0.39 is 47.9 Å². The second kappa shape index (κ2) is 23.2. The van der Waals surface area contributed by atoms with Gasteiger partial charge >= 0.3 is 17.6 Å². The first-order valence-corrected chi connectivity index (χ1v) is 28.7. The minimum atomic E-state index is -1.36. The van der Waals surface area contributed by atoms with Crippen LogP contribution < -0.4 is 10.4 Å². The van der Waals surface area contributed by atoms with Gasteiger partial charge in [0.15, 0.2) is 17.8 Å².